The normalized spacial score (nSPS) is 21.9. The fraction of sp³-hybridized carbons (Fsp3) is 0.560. The SMILES string of the molecule is CCC(=O)N1CCC2CCCC(CN(Cc3cncs3)Cc3ccccc31)N2C(=O)COC. The number of para-hydroxylation sites is 1. The fourth-order valence-electron chi connectivity index (χ4n) is 5.25. The molecule has 2 aromatic rings. The number of thiazole rings is 1. The number of nitrogens with zero attached hydrogens (tertiary/aromatic N) is 4. The predicted molar refractivity (Wildman–Crippen MR) is 130 cm³/mol. The van der Waals surface area contributed by atoms with Gasteiger partial charge in [-0.25, -0.2) is 0 Å². The Bertz CT molecular complexity index is 935. The third-order valence-electron chi connectivity index (χ3n) is 6.71. The first-order valence-corrected chi connectivity index (χ1v) is 12.8. The second-order valence-corrected chi connectivity index (χ2v) is 9.90. The van der Waals surface area contributed by atoms with Crippen LogP contribution in [0.5, 0.6) is 0 Å². The third kappa shape index (κ3) is 5.62. The second-order valence-electron chi connectivity index (χ2n) is 8.93. The lowest BCUT2D eigenvalue weighted by molar-refractivity contribution is -0.143. The maximum atomic E-state index is 13.2. The number of aromatic nitrogens is 1. The molecule has 2 aliphatic heterocycles. The highest BCUT2D eigenvalue weighted by atomic mass is 32.1. The Hall–Kier alpha value is -2.29. The molecule has 2 aliphatic rings. The van der Waals surface area contributed by atoms with Gasteiger partial charge in [-0.15, -0.1) is 11.3 Å². The second kappa shape index (κ2) is 11.2. The molecule has 2 amide bonds. The first kappa shape index (κ1) is 23.9. The summed E-state index contributed by atoms with van der Waals surface area (Å²) in [6.45, 7) is 4.91. The fourth-order valence-corrected chi connectivity index (χ4v) is 5.89. The van der Waals surface area contributed by atoms with Crippen LogP contribution in [-0.2, 0) is 27.4 Å². The van der Waals surface area contributed by atoms with Crippen LogP contribution in [0.25, 0.3) is 0 Å². The van der Waals surface area contributed by atoms with Crippen LogP contribution >= 0.6 is 11.3 Å². The van der Waals surface area contributed by atoms with Gasteiger partial charge in [0.05, 0.1) is 5.51 Å². The molecule has 8 heteroatoms. The van der Waals surface area contributed by atoms with E-state index >= 15 is 0 Å². The number of rotatable bonds is 5. The van der Waals surface area contributed by atoms with Crippen LogP contribution in [0, 0.1) is 0 Å². The highest BCUT2D eigenvalue weighted by molar-refractivity contribution is 7.09. The minimum absolute atomic E-state index is 0.0510. The molecule has 0 radical (unpaired) electrons. The monoisotopic (exact) mass is 470 g/mol. The largest absolute Gasteiger partial charge is 0.375 e. The lowest BCUT2D eigenvalue weighted by Gasteiger charge is -2.44. The van der Waals surface area contributed by atoms with Crippen LogP contribution in [0.4, 0.5) is 5.69 Å². The molecule has 0 spiro atoms. The Morgan fingerprint density at radius 3 is 2.73 bits per heavy atom. The van der Waals surface area contributed by atoms with Crippen LogP contribution < -0.4 is 4.90 Å². The summed E-state index contributed by atoms with van der Waals surface area (Å²) >= 11 is 1.65. The highest BCUT2D eigenvalue weighted by Gasteiger charge is 2.36. The number of methoxy groups -OCH3 is 1. The lowest BCUT2D eigenvalue weighted by Crippen LogP contribution is -2.55. The average molecular weight is 471 g/mol. The third-order valence-corrected chi connectivity index (χ3v) is 7.48. The summed E-state index contributed by atoms with van der Waals surface area (Å²) in [5.74, 6) is 0.174. The van der Waals surface area contributed by atoms with Crippen LogP contribution in [-0.4, -0.2) is 65.5 Å². The van der Waals surface area contributed by atoms with Gasteiger partial charge in [-0.05, 0) is 37.3 Å². The number of anilines is 1. The Morgan fingerprint density at radius 2 is 1.97 bits per heavy atom. The Balaban J connectivity index is 1.73. The number of carbonyl (C=O) groups excluding carboxylic acids is 2. The smallest absolute Gasteiger partial charge is 0.249 e. The number of ether oxygens (including phenoxy) is 1. The highest BCUT2D eigenvalue weighted by Crippen LogP contribution is 2.31. The number of hydrogen-bond acceptors (Lipinski definition) is 6. The van der Waals surface area contributed by atoms with Crippen LogP contribution in [0.2, 0.25) is 0 Å². The minimum Gasteiger partial charge on any atom is -0.375 e. The maximum absolute atomic E-state index is 13.2. The molecule has 1 aromatic carbocycles. The summed E-state index contributed by atoms with van der Waals surface area (Å²) in [6, 6.07) is 8.50. The van der Waals surface area contributed by atoms with E-state index in [0.29, 0.717) is 13.0 Å². The van der Waals surface area contributed by atoms with Crippen molar-refractivity contribution in [3.05, 3.63) is 46.4 Å². The van der Waals surface area contributed by atoms with Crippen molar-refractivity contribution in [1.29, 1.82) is 0 Å². The van der Waals surface area contributed by atoms with Crippen molar-refractivity contribution in [2.45, 2.75) is 64.2 Å². The summed E-state index contributed by atoms with van der Waals surface area (Å²) in [5.41, 5.74) is 4.00. The van der Waals surface area contributed by atoms with Gasteiger partial charge in [0.1, 0.15) is 6.61 Å². The molecule has 1 aromatic heterocycles. The van der Waals surface area contributed by atoms with Gasteiger partial charge in [0.15, 0.2) is 0 Å². The van der Waals surface area contributed by atoms with Crippen LogP contribution in [0.15, 0.2) is 36.0 Å². The molecule has 1 saturated heterocycles. The molecule has 0 saturated carbocycles. The van der Waals surface area contributed by atoms with Gasteiger partial charge in [-0.3, -0.25) is 19.5 Å². The molecular formula is C25H34N4O3S. The Morgan fingerprint density at radius 1 is 1.15 bits per heavy atom. The van der Waals surface area contributed by atoms with E-state index in [0.717, 1.165) is 56.6 Å². The zero-order chi connectivity index (χ0) is 23.2. The molecule has 178 valence electrons. The van der Waals surface area contributed by atoms with Gasteiger partial charge < -0.3 is 14.5 Å². The topological polar surface area (TPSA) is 66.0 Å². The van der Waals surface area contributed by atoms with Crippen molar-refractivity contribution in [3.63, 3.8) is 0 Å². The van der Waals surface area contributed by atoms with Gasteiger partial charge in [0.2, 0.25) is 11.8 Å². The lowest BCUT2D eigenvalue weighted by atomic mass is 9.92. The van der Waals surface area contributed by atoms with E-state index in [-0.39, 0.29) is 30.5 Å². The van der Waals surface area contributed by atoms with E-state index in [4.69, 9.17) is 4.74 Å². The van der Waals surface area contributed by atoms with Crippen molar-refractivity contribution in [2.24, 2.45) is 0 Å². The van der Waals surface area contributed by atoms with Crippen molar-refractivity contribution >= 4 is 28.8 Å². The molecule has 33 heavy (non-hydrogen) atoms. The number of piperidine rings is 1. The van der Waals surface area contributed by atoms with Crippen molar-refractivity contribution in [3.8, 4) is 0 Å². The molecule has 3 heterocycles. The van der Waals surface area contributed by atoms with Crippen molar-refractivity contribution in [2.75, 3.05) is 31.7 Å². The number of amides is 2. The molecule has 2 unspecified atom stereocenters. The standard InChI is InChI=1S/C25H34N4O3S/c1-3-24(30)28-12-11-20-8-6-9-21(29(20)25(31)17-32-2)15-27(16-22-13-26-18-33-22)14-19-7-4-5-10-23(19)28/h4-5,7,10,13,18,20-21H,3,6,8-9,11-12,14-17H2,1-2H3. The minimum atomic E-state index is 0.0510. The Kier molecular flexibility index (Phi) is 8.11. The maximum Gasteiger partial charge on any atom is 0.249 e. The van der Waals surface area contributed by atoms with Gasteiger partial charge in [-0.2, -0.15) is 0 Å². The molecule has 0 aliphatic carbocycles. The van der Waals surface area contributed by atoms with Gasteiger partial charge in [-0.1, -0.05) is 25.1 Å². The summed E-state index contributed by atoms with van der Waals surface area (Å²) < 4.78 is 5.24. The summed E-state index contributed by atoms with van der Waals surface area (Å²) in [4.78, 5) is 38.1. The van der Waals surface area contributed by atoms with Gasteiger partial charge in [0.25, 0.3) is 0 Å². The van der Waals surface area contributed by atoms with E-state index in [1.807, 2.05) is 35.7 Å². The molecule has 4 rings (SSSR count). The van der Waals surface area contributed by atoms with Crippen molar-refractivity contribution < 1.29 is 14.3 Å². The van der Waals surface area contributed by atoms with E-state index < -0.39 is 0 Å². The quantitative estimate of drug-likeness (QED) is 0.667. The average Bonchev–Trinajstić information content (AvgIpc) is 3.32. The number of carbonyl (C=O) groups is 2. The van der Waals surface area contributed by atoms with E-state index in [9.17, 15) is 9.59 Å². The molecular weight excluding hydrogens is 436 g/mol. The summed E-state index contributed by atoms with van der Waals surface area (Å²) in [7, 11) is 1.58. The van der Waals surface area contributed by atoms with Gasteiger partial charge in [0, 0.05) is 68.6 Å². The molecule has 2 bridgehead atoms. The number of hydrogen-bond donors (Lipinski definition) is 0. The first-order chi connectivity index (χ1) is 16.1. The predicted octanol–water partition coefficient (Wildman–Crippen LogP) is 3.69. The van der Waals surface area contributed by atoms with Gasteiger partial charge >= 0.3 is 0 Å². The molecule has 0 N–H and O–H groups in total. The molecule has 7 nitrogen and oxygen atoms in total. The van der Waals surface area contributed by atoms with E-state index in [2.05, 4.69) is 26.9 Å². The number of fused-ring (bicyclic) bond motifs is 3. The zero-order valence-electron chi connectivity index (χ0n) is 19.6. The Labute approximate surface area is 200 Å². The molecule has 1 fully saturated rings. The first-order valence-electron chi connectivity index (χ1n) is 11.9. The van der Waals surface area contributed by atoms with E-state index in [1.165, 1.54) is 4.88 Å². The molecule has 2 atom stereocenters. The van der Waals surface area contributed by atoms with Crippen molar-refractivity contribution in [1.82, 2.24) is 14.8 Å². The van der Waals surface area contributed by atoms with Crippen LogP contribution in [0.1, 0.15) is 49.5 Å². The summed E-state index contributed by atoms with van der Waals surface area (Å²) in [5, 5.41) is 0. The number of benzene rings is 1. The van der Waals surface area contributed by atoms with E-state index in [1.54, 1.807) is 18.4 Å². The van der Waals surface area contributed by atoms with Crippen LogP contribution in [0.3, 0.4) is 0 Å². The summed E-state index contributed by atoms with van der Waals surface area (Å²) in [6.07, 6.45) is 6.21. The zero-order valence-corrected chi connectivity index (χ0v) is 20.4.